The Morgan fingerprint density at radius 1 is 1.04 bits per heavy atom. The van der Waals surface area contributed by atoms with E-state index < -0.39 is 5.97 Å². The number of nitrogens with one attached hydrogen (secondary N) is 1. The quantitative estimate of drug-likeness (QED) is 0.606. The third-order valence-electron chi connectivity index (χ3n) is 4.30. The van der Waals surface area contributed by atoms with E-state index in [0.717, 1.165) is 11.1 Å². The second kappa shape index (κ2) is 8.98. The monoisotopic (exact) mass is 366 g/mol. The molecule has 1 atom stereocenters. The lowest BCUT2D eigenvalue weighted by Gasteiger charge is -2.18. The fourth-order valence-corrected chi connectivity index (χ4v) is 2.97. The first-order chi connectivity index (χ1) is 13.1. The number of hydrogen-bond donors (Lipinski definition) is 2. The van der Waals surface area contributed by atoms with Gasteiger partial charge < -0.3 is 14.8 Å². The number of aromatic nitrogens is 1. The van der Waals surface area contributed by atoms with Crippen LogP contribution in [0.5, 0.6) is 0 Å². The molecule has 0 aliphatic heterocycles. The van der Waals surface area contributed by atoms with Gasteiger partial charge in [-0.05, 0) is 30.5 Å². The molecule has 0 saturated heterocycles. The number of fused-ring (bicyclic) bond motifs is 1. The van der Waals surface area contributed by atoms with E-state index in [1.165, 1.54) is 0 Å². The van der Waals surface area contributed by atoms with Crippen LogP contribution in [0, 0.1) is 0 Å². The standard InChI is InChI=1S/C21H22N2O4/c24-19(11-12-20-23-17-8-4-5-9-18(17)27-20)22-16(10-13-21(25)26)14-15-6-2-1-3-7-15/h1-9,16H,10-14H2,(H,22,24)(H,25,26). The first-order valence-electron chi connectivity index (χ1n) is 8.99. The number of oxazole rings is 1. The summed E-state index contributed by atoms with van der Waals surface area (Å²) in [6, 6.07) is 17.0. The summed E-state index contributed by atoms with van der Waals surface area (Å²) in [5.74, 6) is -0.478. The number of rotatable bonds is 9. The number of carboxylic acid groups (broad SMARTS) is 1. The van der Waals surface area contributed by atoms with Gasteiger partial charge in [0.2, 0.25) is 5.91 Å². The van der Waals surface area contributed by atoms with Crippen LogP contribution in [0.3, 0.4) is 0 Å². The number of aliphatic carboxylic acids is 1. The zero-order chi connectivity index (χ0) is 19.1. The molecule has 1 aromatic heterocycles. The lowest BCUT2D eigenvalue weighted by molar-refractivity contribution is -0.137. The van der Waals surface area contributed by atoms with Crippen molar-refractivity contribution < 1.29 is 19.1 Å². The Morgan fingerprint density at radius 2 is 1.78 bits per heavy atom. The van der Waals surface area contributed by atoms with Crippen LogP contribution in [0.4, 0.5) is 0 Å². The molecule has 3 rings (SSSR count). The summed E-state index contributed by atoms with van der Waals surface area (Å²) >= 11 is 0. The minimum Gasteiger partial charge on any atom is -0.481 e. The number of para-hydroxylation sites is 2. The molecule has 3 aromatic rings. The molecule has 6 nitrogen and oxygen atoms in total. The molecular formula is C21H22N2O4. The van der Waals surface area contributed by atoms with Crippen molar-refractivity contribution in [2.45, 2.75) is 38.1 Å². The highest BCUT2D eigenvalue weighted by Gasteiger charge is 2.16. The van der Waals surface area contributed by atoms with Crippen molar-refractivity contribution in [3.05, 3.63) is 66.1 Å². The topological polar surface area (TPSA) is 92.4 Å². The summed E-state index contributed by atoms with van der Waals surface area (Å²) < 4.78 is 5.63. The maximum Gasteiger partial charge on any atom is 0.303 e. The van der Waals surface area contributed by atoms with Crippen LogP contribution in [0.15, 0.2) is 59.0 Å². The van der Waals surface area contributed by atoms with E-state index in [1.54, 1.807) is 0 Å². The van der Waals surface area contributed by atoms with Gasteiger partial charge in [0.1, 0.15) is 5.52 Å². The Labute approximate surface area is 157 Å². The summed E-state index contributed by atoms with van der Waals surface area (Å²) in [5, 5.41) is 11.9. The van der Waals surface area contributed by atoms with Gasteiger partial charge in [0.15, 0.2) is 11.5 Å². The summed E-state index contributed by atoms with van der Waals surface area (Å²) in [6.07, 6.45) is 1.65. The van der Waals surface area contributed by atoms with E-state index in [4.69, 9.17) is 9.52 Å². The number of hydrogen-bond acceptors (Lipinski definition) is 4. The maximum absolute atomic E-state index is 12.3. The van der Waals surface area contributed by atoms with Gasteiger partial charge in [0.25, 0.3) is 0 Å². The van der Waals surface area contributed by atoms with Crippen molar-refractivity contribution in [2.75, 3.05) is 0 Å². The zero-order valence-corrected chi connectivity index (χ0v) is 14.9. The second-order valence-electron chi connectivity index (χ2n) is 6.46. The van der Waals surface area contributed by atoms with Gasteiger partial charge >= 0.3 is 5.97 Å². The predicted molar refractivity (Wildman–Crippen MR) is 101 cm³/mol. The highest BCUT2D eigenvalue weighted by molar-refractivity contribution is 5.77. The molecule has 0 aliphatic rings. The molecule has 0 radical (unpaired) electrons. The molecule has 1 amide bonds. The van der Waals surface area contributed by atoms with Gasteiger partial charge in [-0.15, -0.1) is 0 Å². The van der Waals surface area contributed by atoms with Crippen LogP contribution in [0.2, 0.25) is 0 Å². The number of amides is 1. The molecule has 1 heterocycles. The lowest BCUT2D eigenvalue weighted by Crippen LogP contribution is -2.37. The fourth-order valence-electron chi connectivity index (χ4n) is 2.97. The van der Waals surface area contributed by atoms with Gasteiger partial charge in [-0.1, -0.05) is 42.5 Å². The lowest BCUT2D eigenvalue weighted by atomic mass is 10.0. The predicted octanol–water partition coefficient (Wildman–Crippen LogP) is 3.35. The number of benzene rings is 2. The Hall–Kier alpha value is -3.15. The molecule has 2 aromatic carbocycles. The SMILES string of the molecule is O=C(O)CCC(Cc1ccccc1)NC(=O)CCc1nc2ccccc2o1. The average Bonchev–Trinajstić information content (AvgIpc) is 3.08. The van der Waals surface area contributed by atoms with Crippen LogP contribution in [-0.4, -0.2) is 28.0 Å². The van der Waals surface area contributed by atoms with Crippen molar-refractivity contribution in [3.63, 3.8) is 0 Å². The molecule has 0 saturated carbocycles. The van der Waals surface area contributed by atoms with Crippen LogP contribution in [0.1, 0.15) is 30.7 Å². The van der Waals surface area contributed by atoms with E-state index >= 15 is 0 Å². The van der Waals surface area contributed by atoms with Crippen molar-refractivity contribution in [1.29, 1.82) is 0 Å². The molecule has 0 spiro atoms. The highest BCUT2D eigenvalue weighted by Crippen LogP contribution is 2.16. The molecule has 0 bridgehead atoms. The van der Waals surface area contributed by atoms with E-state index in [9.17, 15) is 9.59 Å². The van der Waals surface area contributed by atoms with Crippen LogP contribution >= 0.6 is 0 Å². The Bertz CT molecular complexity index is 872. The van der Waals surface area contributed by atoms with Gasteiger partial charge in [-0.2, -0.15) is 0 Å². The minimum atomic E-state index is -0.867. The maximum atomic E-state index is 12.3. The summed E-state index contributed by atoms with van der Waals surface area (Å²) in [5.41, 5.74) is 2.54. The van der Waals surface area contributed by atoms with Crippen molar-refractivity contribution >= 4 is 23.0 Å². The van der Waals surface area contributed by atoms with E-state index in [2.05, 4.69) is 10.3 Å². The third-order valence-corrected chi connectivity index (χ3v) is 4.30. The smallest absolute Gasteiger partial charge is 0.303 e. The Balaban J connectivity index is 1.56. The van der Waals surface area contributed by atoms with Crippen molar-refractivity contribution in [3.8, 4) is 0 Å². The van der Waals surface area contributed by atoms with E-state index in [0.29, 0.717) is 30.7 Å². The number of carbonyl (C=O) groups is 2. The van der Waals surface area contributed by atoms with E-state index in [1.807, 2.05) is 54.6 Å². The minimum absolute atomic E-state index is 0.0168. The number of aryl methyl sites for hydroxylation is 1. The molecule has 1 unspecified atom stereocenters. The summed E-state index contributed by atoms with van der Waals surface area (Å²) in [7, 11) is 0. The van der Waals surface area contributed by atoms with Gasteiger partial charge in [0, 0.05) is 25.3 Å². The van der Waals surface area contributed by atoms with Gasteiger partial charge in [-0.25, -0.2) is 4.98 Å². The number of nitrogens with zero attached hydrogens (tertiary/aromatic N) is 1. The number of carboxylic acids is 1. The summed E-state index contributed by atoms with van der Waals surface area (Å²) in [4.78, 5) is 27.6. The zero-order valence-electron chi connectivity index (χ0n) is 14.9. The molecule has 140 valence electrons. The first-order valence-corrected chi connectivity index (χ1v) is 8.99. The third kappa shape index (κ3) is 5.67. The van der Waals surface area contributed by atoms with Gasteiger partial charge in [-0.3, -0.25) is 9.59 Å². The van der Waals surface area contributed by atoms with Crippen LogP contribution in [0.25, 0.3) is 11.1 Å². The van der Waals surface area contributed by atoms with E-state index in [-0.39, 0.29) is 24.8 Å². The second-order valence-corrected chi connectivity index (χ2v) is 6.46. The molecular weight excluding hydrogens is 344 g/mol. The molecule has 6 heteroatoms. The Kier molecular flexibility index (Phi) is 6.20. The molecule has 0 aliphatic carbocycles. The first kappa shape index (κ1) is 18.6. The van der Waals surface area contributed by atoms with Crippen molar-refractivity contribution in [2.24, 2.45) is 0 Å². The number of carbonyl (C=O) groups excluding carboxylic acids is 1. The fraction of sp³-hybridized carbons (Fsp3) is 0.286. The molecule has 27 heavy (non-hydrogen) atoms. The van der Waals surface area contributed by atoms with Crippen LogP contribution in [-0.2, 0) is 22.4 Å². The Morgan fingerprint density at radius 3 is 2.52 bits per heavy atom. The van der Waals surface area contributed by atoms with Crippen molar-refractivity contribution in [1.82, 2.24) is 10.3 Å². The molecule has 0 fully saturated rings. The normalized spacial score (nSPS) is 12.0. The average molecular weight is 366 g/mol. The van der Waals surface area contributed by atoms with Gasteiger partial charge in [0.05, 0.1) is 0 Å². The molecule has 2 N–H and O–H groups in total. The van der Waals surface area contributed by atoms with Crippen LogP contribution < -0.4 is 5.32 Å². The highest BCUT2D eigenvalue weighted by atomic mass is 16.4. The largest absolute Gasteiger partial charge is 0.481 e. The summed E-state index contributed by atoms with van der Waals surface area (Å²) in [6.45, 7) is 0.